The van der Waals surface area contributed by atoms with Gasteiger partial charge in [0.15, 0.2) is 29.5 Å². The largest absolute Gasteiger partial charge is 0.503 e. The van der Waals surface area contributed by atoms with Gasteiger partial charge in [0.25, 0.3) is 0 Å². The molecule has 0 aliphatic carbocycles. The van der Waals surface area contributed by atoms with Crippen LogP contribution in [0.4, 0.5) is 4.39 Å². The van der Waals surface area contributed by atoms with Crippen molar-refractivity contribution in [1.29, 1.82) is 0 Å². The van der Waals surface area contributed by atoms with Crippen molar-refractivity contribution in [2.24, 2.45) is 0 Å². The number of carbonyl (C=O) groups is 3. The smallest absolute Gasteiger partial charge is 0.359 e. The highest BCUT2D eigenvalue weighted by Gasteiger charge is 2.35. The molecule has 1 aromatic carbocycles. The standard InChI is InChI=1S/C22H26FNO8/c1-6-29-20(27)16-18(26)19(31-12-15(25)32-22(3,4)5)17(21(28)30-7-2)24(16)14-10-8-13(23)9-11-14/h8-11,26H,6-7,12H2,1-5H3. The van der Waals surface area contributed by atoms with Gasteiger partial charge < -0.3 is 24.1 Å². The van der Waals surface area contributed by atoms with Gasteiger partial charge in [-0.05, 0) is 58.9 Å². The molecule has 2 aromatic rings. The quantitative estimate of drug-likeness (QED) is 0.480. The summed E-state index contributed by atoms with van der Waals surface area (Å²) in [6.07, 6.45) is 0. The highest BCUT2D eigenvalue weighted by Crippen LogP contribution is 2.40. The topological polar surface area (TPSA) is 113 Å². The molecular weight excluding hydrogens is 425 g/mol. The summed E-state index contributed by atoms with van der Waals surface area (Å²) in [5, 5.41) is 10.8. The number of hydrogen-bond donors (Lipinski definition) is 1. The number of hydrogen-bond acceptors (Lipinski definition) is 8. The first-order valence-corrected chi connectivity index (χ1v) is 9.92. The van der Waals surface area contributed by atoms with Gasteiger partial charge in [0, 0.05) is 5.69 Å². The molecule has 0 fully saturated rings. The predicted molar refractivity (Wildman–Crippen MR) is 111 cm³/mol. The number of nitrogens with zero attached hydrogens (tertiary/aromatic N) is 1. The summed E-state index contributed by atoms with van der Waals surface area (Å²) in [5.74, 6) is -4.43. The van der Waals surface area contributed by atoms with E-state index in [1.54, 1.807) is 34.6 Å². The number of esters is 3. The Balaban J connectivity index is 2.66. The number of carbonyl (C=O) groups excluding carboxylic acids is 3. The highest BCUT2D eigenvalue weighted by atomic mass is 19.1. The molecule has 0 spiro atoms. The van der Waals surface area contributed by atoms with Gasteiger partial charge in [-0.2, -0.15) is 0 Å². The Morgan fingerprint density at radius 2 is 1.50 bits per heavy atom. The van der Waals surface area contributed by atoms with E-state index in [1.165, 1.54) is 12.1 Å². The zero-order valence-corrected chi connectivity index (χ0v) is 18.6. The molecule has 0 saturated carbocycles. The van der Waals surface area contributed by atoms with E-state index in [0.717, 1.165) is 16.7 Å². The summed E-state index contributed by atoms with van der Waals surface area (Å²) < 4.78 is 35.1. The Hall–Kier alpha value is -3.56. The molecular formula is C22H26FNO8. The van der Waals surface area contributed by atoms with Gasteiger partial charge in [-0.3, -0.25) is 4.57 Å². The first-order chi connectivity index (χ1) is 15.0. The Labute approximate surface area is 184 Å². The van der Waals surface area contributed by atoms with E-state index in [9.17, 15) is 23.9 Å². The average molecular weight is 451 g/mol. The Morgan fingerprint density at radius 3 is 2.00 bits per heavy atom. The van der Waals surface area contributed by atoms with Crippen LogP contribution in [0.25, 0.3) is 5.69 Å². The highest BCUT2D eigenvalue weighted by molar-refractivity contribution is 6.00. The van der Waals surface area contributed by atoms with Gasteiger partial charge in [0.05, 0.1) is 13.2 Å². The lowest BCUT2D eigenvalue weighted by Crippen LogP contribution is -2.27. The molecule has 174 valence electrons. The molecule has 1 N–H and O–H groups in total. The minimum absolute atomic E-state index is 0.0181. The molecule has 0 aliphatic rings. The lowest BCUT2D eigenvalue weighted by atomic mass is 10.2. The molecule has 2 rings (SSSR count). The number of aromatic nitrogens is 1. The maximum absolute atomic E-state index is 13.5. The second-order valence-electron chi connectivity index (χ2n) is 7.50. The minimum Gasteiger partial charge on any atom is -0.503 e. The Kier molecular flexibility index (Phi) is 7.85. The van der Waals surface area contributed by atoms with Crippen molar-refractivity contribution in [1.82, 2.24) is 4.57 Å². The summed E-state index contributed by atoms with van der Waals surface area (Å²) in [6.45, 7) is 7.42. The van der Waals surface area contributed by atoms with Gasteiger partial charge in [-0.15, -0.1) is 0 Å². The second kappa shape index (κ2) is 10.2. The maximum atomic E-state index is 13.5. The normalized spacial score (nSPS) is 11.1. The third-order valence-electron chi connectivity index (χ3n) is 3.88. The van der Waals surface area contributed by atoms with E-state index in [1.807, 2.05) is 0 Å². The van der Waals surface area contributed by atoms with E-state index < -0.39 is 53.1 Å². The van der Waals surface area contributed by atoms with Crippen LogP contribution in [0.5, 0.6) is 11.5 Å². The summed E-state index contributed by atoms with van der Waals surface area (Å²) in [6, 6.07) is 4.80. The van der Waals surface area contributed by atoms with Gasteiger partial charge in [-0.25, -0.2) is 18.8 Å². The Bertz CT molecular complexity index is 989. The third kappa shape index (κ3) is 5.77. The van der Waals surface area contributed by atoms with Crippen LogP contribution in [0.2, 0.25) is 0 Å². The van der Waals surface area contributed by atoms with Crippen LogP contribution < -0.4 is 4.74 Å². The van der Waals surface area contributed by atoms with Gasteiger partial charge in [-0.1, -0.05) is 0 Å². The molecule has 0 aliphatic heterocycles. The van der Waals surface area contributed by atoms with E-state index in [2.05, 4.69) is 0 Å². The average Bonchev–Trinajstić information content (AvgIpc) is 2.98. The van der Waals surface area contributed by atoms with Crippen LogP contribution in [0, 0.1) is 5.82 Å². The summed E-state index contributed by atoms with van der Waals surface area (Å²) in [5.41, 5.74) is -1.45. The van der Waals surface area contributed by atoms with Crippen molar-refractivity contribution in [2.75, 3.05) is 19.8 Å². The molecule has 1 heterocycles. The first kappa shape index (κ1) is 24.7. The molecule has 32 heavy (non-hydrogen) atoms. The first-order valence-electron chi connectivity index (χ1n) is 9.92. The fraction of sp³-hybridized carbons (Fsp3) is 0.409. The summed E-state index contributed by atoms with van der Waals surface area (Å²) in [4.78, 5) is 37.5. The lowest BCUT2D eigenvalue weighted by molar-refractivity contribution is -0.157. The molecule has 10 heteroatoms. The fourth-order valence-corrected chi connectivity index (χ4v) is 2.80. The van der Waals surface area contributed by atoms with E-state index in [-0.39, 0.29) is 24.6 Å². The van der Waals surface area contributed by atoms with Crippen molar-refractivity contribution in [3.63, 3.8) is 0 Å². The molecule has 0 saturated heterocycles. The number of halogens is 1. The van der Waals surface area contributed by atoms with Crippen LogP contribution >= 0.6 is 0 Å². The van der Waals surface area contributed by atoms with Crippen molar-refractivity contribution in [2.45, 2.75) is 40.2 Å². The van der Waals surface area contributed by atoms with Gasteiger partial charge >= 0.3 is 17.9 Å². The number of benzene rings is 1. The van der Waals surface area contributed by atoms with Gasteiger partial charge in [0.1, 0.15) is 11.4 Å². The third-order valence-corrected chi connectivity index (χ3v) is 3.88. The number of aromatic hydroxyl groups is 1. The number of rotatable bonds is 8. The van der Waals surface area contributed by atoms with Crippen molar-refractivity contribution < 1.29 is 42.8 Å². The van der Waals surface area contributed by atoms with Crippen LogP contribution in [0.15, 0.2) is 24.3 Å². The van der Waals surface area contributed by atoms with Crippen LogP contribution in [-0.4, -0.2) is 53.0 Å². The maximum Gasteiger partial charge on any atom is 0.359 e. The van der Waals surface area contributed by atoms with Crippen LogP contribution in [0.1, 0.15) is 55.6 Å². The zero-order chi connectivity index (χ0) is 24.1. The van der Waals surface area contributed by atoms with Crippen molar-refractivity contribution >= 4 is 17.9 Å². The van der Waals surface area contributed by atoms with Crippen LogP contribution in [-0.2, 0) is 19.0 Å². The lowest BCUT2D eigenvalue weighted by Gasteiger charge is -2.19. The Morgan fingerprint density at radius 1 is 0.969 bits per heavy atom. The minimum atomic E-state index is -0.966. The second-order valence-corrected chi connectivity index (χ2v) is 7.50. The van der Waals surface area contributed by atoms with Crippen molar-refractivity contribution in [3.05, 3.63) is 41.5 Å². The summed E-state index contributed by atoms with van der Waals surface area (Å²) in [7, 11) is 0. The zero-order valence-electron chi connectivity index (χ0n) is 18.6. The molecule has 0 atom stereocenters. The van der Waals surface area contributed by atoms with Crippen molar-refractivity contribution in [3.8, 4) is 17.2 Å². The summed E-state index contributed by atoms with van der Waals surface area (Å²) >= 11 is 0. The molecule has 0 radical (unpaired) electrons. The van der Waals surface area contributed by atoms with E-state index in [4.69, 9.17) is 18.9 Å². The fourth-order valence-electron chi connectivity index (χ4n) is 2.80. The van der Waals surface area contributed by atoms with E-state index >= 15 is 0 Å². The predicted octanol–water partition coefficient (Wildman–Crippen LogP) is 3.40. The monoisotopic (exact) mass is 451 g/mol. The molecule has 1 aromatic heterocycles. The van der Waals surface area contributed by atoms with Crippen LogP contribution in [0.3, 0.4) is 0 Å². The molecule has 9 nitrogen and oxygen atoms in total. The molecule has 0 unspecified atom stereocenters. The molecule has 0 amide bonds. The number of ether oxygens (including phenoxy) is 4. The SMILES string of the molecule is CCOC(=O)c1c(O)c(OCC(=O)OC(C)(C)C)c(C(=O)OCC)n1-c1ccc(F)cc1. The van der Waals surface area contributed by atoms with Gasteiger partial charge in [0.2, 0.25) is 0 Å². The van der Waals surface area contributed by atoms with E-state index in [0.29, 0.717) is 0 Å². The molecule has 0 bridgehead atoms.